The van der Waals surface area contributed by atoms with Gasteiger partial charge in [-0.25, -0.2) is 0 Å². The highest BCUT2D eigenvalue weighted by Crippen LogP contribution is 2.30. The minimum atomic E-state index is 0.159. The predicted molar refractivity (Wildman–Crippen MR) is 69.6 cm³/mol. The Morgan fingerprint density at radius 1 is 1.25 bits per heavy atom. The first-order valence-corrected chi connectivity index (χ1v) is 5.75. The van der Waals surface area contributed by atoms with Gasteiger partial charge in [0, 0.05) is 28.6 Å². The summed E-state index contributed by atoms with van der Waals surface area (Å²) >= 11 is 0. The van der Waals surface area contributed by atoms with E-state index in [1.165, 1.54) is 27.7 Å². The first-order chi connectivity index (χ1) is 7.43. The number of aryl methyl sites for hydroxylation is 1. The average Bonchev–Trinajstić information content (AvgIpc) is 2.55. The molecular weight excluding hydrogens is 196 g/mol. The van der Waals surface area contributed by atoms with Gasteiger partial charge >= 0.3 is 0 Å². The molecule has 0 saturated carbocycles. The highest BCUT2D eigenvalue weighted by Gasteiger charge is 2.19. The number of aromatic amines is 1. The molecule has 0 atom stereocenters. The van der Waals surface area contributed by atoms with E-state index in [1.807, 2.05) is 0 Å². The molecule has 0 saturated heterocycles. The maximum atomic E-state index is 5.67. The Bertz CT molecular complexity index is 515. The van der Waals surface area contributed by atoms with E-state index in [2.05, 4.69) is 50.9 Å². The summed E-state index contributed by atoms with van der Waals surface area (Å²) in [5, 5.41) is 1.30. The molecule has 1 aromatic heterocycles. The van der Waals surface area contributed by atoms with Crippen LogP contribution in [-0.2, 0) is 12.0 Å². The van der Waals surface area contributed by atoms with Gasteiger partial charge in [-0.1, -0.05) is 26.8 Å². The van der Waals surface area contributed by atoms with Gasteiger partial charge in [0.1, 0.15) is 0 Å². The molecule has 0 amide bonds. The van der Waals surface area contributed by atoms with Crippen molar-refractivity contribution in [3.05, 3.63) is 35.0 Å². The fraction of sp³-hybridized carbons (Fsp3) is 0.429. The number of H-pyrrole nitrogens is 1. The first kappa shape index (κ1) is 11.2. The molecule has 0 radical (unpaired) electrons. The van der Waals surface area contributed by atoms with Crippen molar-refractivity contribution in [1.29, 1.82) is 0 Å². The van der Waals surface area contributed by atoms with Crippen LogP contribution in [0.3, 0.4) is 0 Å². The number of aromatic nitrogens is 1. The number of hydrogen-bond donors (Lipinski definition) is 2. The minimum absolute atomic E-state index is 0.159. The van der Waals surface area contributed by atoms with E-state index in [1.54, 1.807) is 0 Å². The van der Waals surface area contributed by atoms with E-state index >= 15 is 0 Å². The van der Waals surface area contributed by atoms with E-state index in [0.29, 0.717) is 6.54 Å². The maximum Gasteiger partial charge on any atom is 0.0459 e. The number of fused-ring (bicyclic) bond motifs is 1. The van der Waals surface area contributed by atoms with Crippen LogP contribution < -0.4 is 5.73 Å². The first-order valence-electron chi connectivity index (χ1n) is 5.75. The highest BCUT2D eigenvalue weighted by molar-refractivity contribution is 5.85. The number of nitrogens with two attached hydrogens (primary N) is 1. The van der Waals surface area contributed by atoms with Crippen molar-refractivity contribution in [2.24, 2.45) is 5.73 Å². The van der Waals surface area contributed by atoms with Gasteiger partial charge in [-0.05, 0) is 30.2 Å². The second-order valence-corrected chi connectivity index (χ2v) is 5.46. The maximum absolute atomic E-state index is 5.67. The van der Waals surface area contributed by atoms with E-state index in [4.69, 9.17) is 5.73 Å². The summed E-state index contributed by atoms with van der Waals surface area (Å²) in [4.78, 5) is 3.51. The molecular formula is C14H20N2. The van der Waals surface area contributed by atoms with Crippen molar-refractivity contribution in [1.82, 2.24) is 4.98 Å². The number of nitrogens with one attached hydrogen (secondary N) is 1. The standard InChI is InChI=1S/C14H20N2/c1-9-11-7-10(8-15)5-6-12(11)16-13(9)14(2,3)4/h5-7,16H,8,15H2,1-4H3. The van der Waals surface area contributed by atoms with Gasteiger partial charge in [0.25, 0.3) is 0 Å². The largest absolute Gasteiger partial charge is 0.358 e. The zero-order valence-electron chi connectivity index (χ0n) is 10.5. The summed E-state index contributed by atoms with van der Waals surface area (Å²) in [5.41, 5.74) is 10.9. The van der Waals surface area contributed by atoms with Crippen LogP contribution in [0.25, 0.3) is 10.9 Å². The zero-order valence-corrected chi connectivity index (χ0v) is 10.5. The van der Waals surface area contributed by atoms with Gasteiger partial charge in [0.05, 0.1) is 0 Å². The molecule has 2 rings (SSSR count). The fourth-order valence-corrected chi connectivity index (χ4v) is 2.25. The smallest absolute Gasteiger partial charge is 0.0459 e. The van der Waals surface area contributed by atoms with Crippen molar-refractivity contribution in [3.63, 3.8) is 0 Å². The lowest BCUT2D eigenvalue weighted by Gasteiger charge is -2.17. The predicted octanol–water partition coefficient (Wildman–Crippen LogP) is 3.23. The van der Waals surface area contributed by atoms with Crippen molar-refractivity contribution >= 4 is 10.9 Å². The van der Waals surface area contributed by atoms with Gasteiger partial charge in [0.2, 0.25) is 0 Å². The summed E-state index contributed by atoms with van der Waals surface area (Å²) in [6.45, 7) is 9.47. The molecule has 2 nitrogen and oxygen atoms in total. The number of hydrogen-bond acceptors (Lipinski definition) is 1. The van der Waals surface area contributed by atoms with Crippen molar-refractivity contribution < 1.29 is 0 Å². The molecule has 2 heteroatoms. The van der Waals surface area contributed by atoms with Crippen LogP contribution in [0.4, 0.5) is 0 Å². The quantitative estimate of drug-likeness (QED) is 0.755. The number of rotatable bonds is 1. The molecule has 2 aromatic rings. The van der Waals surface area contributed by atoms with Crippen LogP contribution in [0.1, 0.15) is 37.6 Å². The SMILES string of the molecule is Cc1c(C(C)(C)C)[nH]c2ccc(CN)cc12. The van der Waals surface area contributed by atoms with E-state index < -0.39 is 0 Å². The lowest BCUT2D eigenvalue weighted by Crippen LogP contribution is -2.12. The van der Waals surface area contributed by atoms with Crippen molar-refractivity contribution in [2.75, 3.05) is 0 Å². The average molecular weight is 216 g/mol. The Hall–Kier alpha value is -1.28. The summed E-state index contributed by atoms with van der Waals surface area (Å²) in [6.07, 6.45) is 0. The Balaban J connectivity index is 2.69. The molecule has 0 bridgehead atoms. The summed E-state index contributed by atoms with van der Waals surface area (Å²) < 4.78 is 0. The second-order valence-electron chi connectivity index (χ2n) is 5.46. The molecule has 3 N–H and O–H groups in total. The Morgan fingerprint density at radius 2 is 1.94 bits per heavy atom. The topological polar surface area (TPSA) is 41.8 Å². The van der Waals surface area contributed by atoms with E-state index in [9.17, 15) is 0 Å². The fourth-order valence-electron chi connectivity index (χ4n) is 2.25. The lowest BCUT2D eigenvalue weighted by atomic mass is 9.89. The molecule has 0 fully saturated rings. The minimum Gasteiger partial charge on any atom is -0.358 e. The normalized spacial score (nSPS) is 12.3. The molecule has 0 aliphatic rings. The Morgan fingerprint density at radius 3 is 2.50 bits per heavy atom. The molecule has 1 heterocycles. The zero-order chi connectivity index (χ0) is 11.9. The van der Waals surface area contributed by atoms with Gasteiger partial charge < -0.3 is 10.7 Å². The number of benzene rings is 1. The van der Waals surface area contributed by atoms with Gasteiger partial charge in [0.15, 0.2) is 0 Å². The molecule has 1 aromatic carbocycles. The third kappa shape index (κ3) is 1.74. The molecule has 0 aliphatic carbocycles. The molecule has 0 unspecified atom stereocenters. The third-order valence-corrected chi connectivity index (χ3v) is 3.11. The lowest BCUT2D eigenvalue weighted by molar-refractivity contribution is 0.570. The van der Waals surface area contributed by atoms with Gasteiger partial charge in [-0.2, -0.15) is 0 Å². The molecule has 0 spiro atoms. The van der Waals surface area contributed by atoms with Crippen LogP contribution in [0, 0.1) is 6.92 Å². The molecule has 0 aliphatic heterocycles. The summed E-state index contributed by atoms with van der Waals surface area (Å²) in [6, 6.07) is 6.40. The summed E-state index contributed by atoms with van der Waals surface area (Å²) in [5.74, 6) is 0. The van der Waals surface area contributed by atoms with Gasteiger partial charge in [-0.15, -0.1) is 0 Å². The van der Waals surface area contributed by atoms with Crippen molar-refractivity contribution in [3.8, 4) is 0 Å². The van der Waals surface area contributed by atoms with Crippen LogP contribution in [-0.4, -0.2) is 4.98 Å². The van der Waals surface area contributed by atoms with Crippen LogP contribution in [0.15, 0.2) is 18.2 Å². The Labute approximate surface area is 96.9 Å². The molecule has 16 heavy (non-hydrogen) atoms. The summed E-state index contributed by atoms with van der Waals surface area (Å²) in [7, 11) is 0. The van der Waals surface area contributed by atoms with E-state index in [0.717, 1.165) is 0 Å². The van der Waals surface area contributed by atoms with E-state index in [-0.39, 0.29) is 5.41 Å². The van der Waals surface area contributed by atoms with Crippen LogP contribution in [0.2, 0.25) is 0 Å². The monoisotopic (exact) mass is 216 g/mol. The van der Waals surface area contributed by atoms with Gasteiger partial charge in [-0.3, -0.25) is 0 Å². The van der Waals surface area contributed by atoms with Crippen LogP contribution >= 0.6 is 0 Å². The third-order valence-electron chi connectivity index (χ3n) is 3.11. The van der Waals surface area contributed by atoms with Crippen molar-refractivity contribution in [2.45, 2.75) is 39.7 Å². The highest BCUT2D eigenvalue weighted by atomic mass is 14.7. The second kappa shape index (κ2) is 3.63. The molecule has 86 valence electrons. The van der Waals surface area contributed by atoms with Crippen LogP contribution in [0.5, 0.6) is 0 Å². The Kier molecular flexibility index (Phi) is 2.55.